The zero-order chi connectivity index (χ0) is 10.1. The molecule has 6 nitrogen and oxygen atoms in total. The van der Waals surface area contributed by atoms with E-state index in [1.165, 1.54) is 10.9 Å². The van der Waals surface area contributed by atoms with Crippen LogP contribution in [0.3, 0.4) is 0 Å². The summed E-state index contributed by atoms with van der Waals surface area (Å²) in [6.45, 7) is 0.870. The van der Waals surface area contributed by atoms with Gasteiger partial charge in [-0.2, -0.15) is 5.10 Å². The van der Waals surface area contributed by atoms with E-state index in [9.17, 15) is 8.76 Å². The van der Waals surface area contributed by atoms with Crippen LogP contribution in [0.15, 0.2) is 11.1 Å². The van der Waals surface area contributed by atoms with Crippen molar-refractivity contribution in [1.29, 1.82) is 0 Å². The molecule has 0 aliphatic carbocycles. The predicted octanol–water partition coefficient (Wildman–Crippen LogP) is -0.472. The summed E-state index contributed by atoms with van der Waals surface area (Å²) in [7, 11) is 1.58. The van der Waals surface area contributed by atoms with Crippen LogP contribution in [-0.4, -0.2) is 38.4 Å². The highest BCUT2D eigenvalue weighted by Gasteiger charge is 2.23. The van der Waals surface area contributed by atoms with Gasteiger partial charge in [-0.3, -0.25) is 4.21 Å². The van der Waals surface area contributed by atoms with Gasteiger partial charge in [-0.05, 0) is 11.1 Å². The molecule has 2 rings (SSSR count). The van der Waals surface area contributed by atoms with Gasteiger partial charge in [-0.25, -0.2) is 4.68 Å². The molecule has 0 bridgehead atoms. The topological polar surface area (TPSA) is 76.4 Å². The second-order valence-electron chi connectivity index (χ2n) is 2.90. The highest BCUT2D eigenvalue weighted by molar-refractivity contribution is 7.79. The number of nitrogens with zero attached hydrogens (tertiary/aromatic N) is 2. The minimum Gasteiger partial charge on any atom is -0.768 e. The quantitative estimate of drug-likeness (QED) is 0.626. The van der Waals surface area contributed by atoms with Gasteiger partial charge in [0.1, 0.15) is 17.6 Å². The maximum absolute atomic E-state index is 10.7. The standard InChI is InChI=1S/C7H10N2O4S/c1-12-5-3-9-7(13-4-5)6(2-8-9)14(10)11/h2,5H,3-4H2,1H3,(H,10,11)/p-1/t5-/m1/s1. The van der Waals surface area contributed by atoms with E-state index >= 15 is 0 Å². The summed E-state index contributed by atoms with van der Waals surface area (Å²) >= 11 is -2.30. The van der Waals surface area contributed by atoms with Crippen LogP contribution >= 0.6 is 0 Å². The molecule has 1 aromatic rings. The van der Waals surface area contributed by atoms with Gasteiger partial charge in [0.2, 0.25) is 5.88 Å². The summed E-state index contributed by atoms with van der Waals surface area (Å²) in [5, 5.41) is 3.89. The lowest BCUT2D eigenvalue weighted by Gasteiger charge is -2.23. The van der Waals surface area contributed by atoms with Crippen molar-refractivity contribution in [3.8, 4) is 5.88 Å². The van der Waals surface area contributed by atoms with E-state index in [1.807, 2.05) is 0 Å². The molecular weight excluding hydrogens is 208 g/mol. The molecule has 0 fully saturated rings. The van der Waals surface area contributed by atoms with Crippen LogP contribution < -0.4 is 4.74 Å². The van der Waals surface area contributed by atoms with Gasteiger partial charge < -0.3 is 14.0 Å². The van der Waals surface area contributed by atoms with E-state index in [1.54, 1.807) is 7.11 Å². The Morgan fingerprint density at radius 3 is 3.29 bits per heavy atom. The van der Waals surface area contributed by atoms with Crippen LogP contribution in [0.1, 0.15) is 0 Å². The number of methoxy groups -OCH3 is 1. The Labute approximate surface area is 83.1 Å². The highest BCUT2D eigenvalue weighted by Crippen LogP contribution is 2.25. The molecule has 1 aliphatic heterocycles. The van der Waals surface area contributed by atoms with E-state index < -0.39 is 11.1 Å². The molecule has 0 aromatic carbocycles. The van der Waals surface area contributed by atoms with Crippen LogP contribution in [0.2, 0.25) is 0 Å². The van der Waals surface area contributed by atoms with Crippen LogP contribution in [-0.2, 0) is 22.4 Å². The van der Waals surface area contributed by atoms with Gasteiger partial charge >= 0.3 is 0 Å². The Hall–Kier alpha value is -0.920. The first-order chi connectivity index (χ1) is 6.72. The molecule has 14 heavy (non-hydrogen) atoms. The zero-order valence-corrected chi connectivity index (χ0v) is 8.32. The Morgan fingerprint density at radius 2 is 2.64 bits per heavy atom. The third-order valence-corrected chi connectivity index (χ3v) is 2.69. The molecule has 1 aliphatic rings. The Kier molecular flexibility index (Phi) is 2.53. The van der Waals surface area contributed by atoms with E-state index in [-0.39, 0.29) is 11.0 Å². The molecule has 7 heteroatoms. The molecule has 0 N–H and O–H groups in total. The van der Waals surface area contributed by atoms with Crippen LogP contribution in [0.4, 0.5) is 0 Å². The molecule has 1 aromatic heterocycles. The summed E-state index contributed by atoms with van der Waals surface area (Å²) in [5.74, 6) is 0.298. The molecule has 78 valence electrons. The van der Waals surface area contributed by atoms with Crippen molar-refractivity contribution in [2.45, 2.75) is 17.5 Å². The summed E-state index contributed by atoms with van der Waals surface area (Å²) in [6.07, 6.45) is 1.20. The fourth-order valence-corrected chi connectivity index (χ4v) is 1.75. The zero-order valence-electron chi connectivity index (χ0n) is 7.50. The predicted molar refractivity (Wildman–Crippen MR) is 45.7 cm³/mol. The van der Waals surface area contributed by atoms with Gasteiger partial charge in [-0.15, -0.1) is 0 Å². The highest BCUT2D eigenvalue weighted by atomic mass is 32.2. The van der Waals surface area contributed by atoms with Crippen molar-refractivity contribution in [2.24, 2.45) is 0 Å². The largest absolute Gasteiger partial charge is 0.768 e. The van der Waals surface area contributed by atoms with E-state index in [0.29, 0.717) is 19.0 Å². The average molecular weight is 217 g/mol. The van der Waals surface area contributed by atoms with Crippen molar-refractivity contribution >= 4 is 11.1 Å². The van der Waals surface area contributed by atoms with Crippen molar-refractivity contribution in [3.63, 3.8) is 0 Å². The summed E-state index contributed by atoms with van der Waals surface area (Å²) in [5.41, 5.74) is 0. The first-order valence-corrected chi connectivity index (χ1v) is 5.10. The fraction of sp³-hybridized carbons (Fsp3) is 0.571. The Balaban J connectivity index is 2.29. The minimum atomic E-state index is -2.30. The van der Waals surface area contributed by atoms with E-state index in [2.05, 4.69) is 5.10 Å². The maximum atomic E-state index is 10.7. The first kappa shape index (κ1) is 9.63. The van der Waals surface area contributed by atoms with E-state index in [0.717, 1.165) is 0 Å². The fourth-order valence-electron chi connectivity index (χ4n) is 1.31. The molecule has 0 spiro atoms. The molecule has 0 saturated carbocycles. The minimum absolute atomic E-state index is 0.0738. The lowest BCUT2D eigenvalue weighted by Crippen LogP contribution is -2.32. The molecule has 1 unspecified atom stereocenters. The van der Waals surface area contributed by atoms with Crippen molar-refractivity contribution < 1.29 is 18.2 Å². The normalized spacial score (nSPS) is 22.6. The molecular formula is C7H9N2O4S-. The number of rotatable bonds is 2. The van der Waals surface area contributed by atoms with Crippen molar-refractivity contribution in [2.75, 3.05) is 13.7 Å². The smallest absolute Gasteiger partial charge is 0.227 e. The molecule has 2 atom stereocenters. The van der Waals surface area contributed by atoms with Gasteiger partial charge in [0, 0.05) is 7.11 Å². The summed E-state index contributed by atoms with van der Waals surface area (Å²) in [4.78, 5) is 0.0968. The van der Waals surface area contributed by atoms with E-state index in [4.69, 9.17) is 9.47 Å². The number of hydrogen-bond acceptors (Lipinski definition) is 5. The maximum Gasteiger partial charge on any atom is 0.227 e. The molecule has 0 radical (unpaired) electrons. The van der Waals surface area contributed by atoms with Gasteiger partial charge in [0.25, 0.3) is 0 Å². The van der Waals surface area contributed by atoms with Crippen LogP contribution in [0.25, 0.3) is 0 Å². The number of ether oxygens (including phenoxy) is 2. The first-order valence-electron chi connectivity index (χ1n) is 4.03. The van der Waals surface area contributed by atoms with Gasteiger partial charge in [0.05, 0.1) is 12.7 Å². The molecule has 0 amide bonds. The number of aromatic nitrogens is 2. The SMILES string of the molecule is CO[C@H]1COc2c(S(=O)[O-])cnn2C1. The third-order valence-electron chi connectivity index (χ3n) is 2.05. The van der Waals surface area contributed by atoms with Gasteiger partial charge in [0.15, 0.2) is 0 Å². The summed E-state index contributed by atoms with van der Waals surface area (Å²) < 4.78 is 33.2. The van der Waals surface area contributed by atoms with Crippen LogP contribution in [0.5, 0.6) is 5.88 Å². The van der Waals surface area contributed by atoms with Crippen molar-refractivity contribution in [1.82, 2.24) is 9.78 Å². The monoisotopic (exact) mass is 217 g/mol. The molecule has 2 heterocycles. The Morgan fingerprint density at radius 1 is 1.86 bits per heavy atom. The number of hydrogen-bond donors (Lipinski definition) is 0. The van der Waals surface area contributed by atoms with Crippen LogP contribution in [0, 0.1) is 0 Å². The van der Waals surface area contributed by atoms with Crippen molar-refractivity contribution in [3.05, 3.63) is 6.20 Å². The Bertz CT molecular complexity index is 365. The lowest BCUT2D eigenvalue weighted by atomic mass is 10.3. The second kappa shape index (κ2) is 3.68. The second-order valence-corrected chi connectivity index (χ2v) is 3.81. The molecule has 0 saturated heterocycles. The average Bonchev–Trinajstić information content (AvgIpc) is 2.59. The van der Waals surface area contributed by atoms with Gasteiger partial charge in [-0.1, -0.05) is 0 Å². The number of fused-ring (bicyclic) bond motifs is 1. The lowest BCUT2D eigenvalue weighted by molar-refractivity contribution is 0.0165. The summed E-state index contributed by atoms with van der Waals surface area (Å²) in [6, 6.07) is 0. The third kappa shape index (κ3) is 1.54.